The maximum atomic E-state index is 13.3. The van der Waals surface area contributed by atoms with Gasteiger partial charge in [-0.25, -0.2) is 9.48 Å². The van der Waals surface area contributed by atoms with Crippen molar-refractivity contribution in [2.24, 2.45) is 0 Å². The molecule has 1 aliphatic heterocycles. The predicted molar refractivity (Wildman–Crippen MR) is 122 cm³/mol. The number of alkyl halides is 3. The highest BCUT2D eigenvalue weighted by molar-refractivity contribution is 6.30. The first-order chi connectivity index (χ1) is 16.3. The van der Waals surface area contributed by atoms with Gasteiger partial charge < -0.3 is 15.0 Å². The second-order valence-electron chi connectivity index (χ2n) is 8.07. The molecule has 2 heterocycles. The van der Waals surface area contributed by atoms with Crippen molar-refractivity contribution in [3.05, 3.63) is 76.6 Å². The minimum Gasteiger partial charge on any atom is -0.496 e. The van der Waals surface area contributed by atoms with E-state index in [0.717, 1.165) is 34.9 Å². The summed E-state index contributed by atoms with van der Waals surface area (Å²) in [6, 6.07) is 14.8. The molecule has 0 aliphatic carbocycles. The quantitative estimate of drug-likeness (QED) is 0.501. The number of hydrogen-bond donors (Lipinski definition) is 1. The van der Waals surface area contributed by atoms with E-state index in [0.29, 0.717) is 23.8 Å². The Kier molecular flexibility index (Phi) is 7.02. The Balaban J connectivity index is 1.43. The SMILES string of the molecule is COc1ccccc1C1CCN(C(=O)NCc2cc(C(F)(F)F)nn2-c2cccc(Cl)c2)CC1. The topological polar surface area (TPSA) is 59.4 Å². The summed E-state index contributed by atoms with van der Waals surface area (Å²) in [5.74, 6) is 1.11. The lowest BCUT2D eigenvalue weighted by molar-refractivity contribution is -0.141. The fourth-order valence-corrected chi connectivity index (χ4v) is 4.38. The van der Waals surface area contributed by atoms with Gasteiger partial charge in [-0.1, -0.05) is 35.9 Å². The molecule has 1 N–H and O–H groups in total. The molecule has 3 aromatic rings. The monoisotopic (exact) mass is 492 g/mol. The van der Waals surface area contributed by atoms with E-state index >= 15 is 0 Å². The van der Waals surface area contributed by atoms with E-state index in [2.05, 4.69) is 10.4 Å². The number of ether oxygens (including phenoxy) is 1. The molecule has 10 heteroatoms. The second-order valence-corrected chi connectivity index (χ2v) is 8.51. The number of halogens is 4. The smallest absolute Gasteiger partial charge is 0.435 e. The van der Waals surface area contributed by atoms with Crippen molar-refractivity contribution in [2.75, 3.05) is 20.2 Å². The molecule has 0 unspecified atom stereocenters. The zero-order valence-electron chi connectivity index (χ0n) is 18.5. The molecule has 0 saturated carbocycles. The predicted octanol–water partition coefficient (Wildman–Crippen LogP) is 5.64. The molecule has 6 nitrogen and oxygen atoms in total. The van der Waals surface area contributed by atoms with Gasteiger partial charge >= 0.3 is 12.2 Å². The number of para-hydroxylation sites is 1. The highest BCUT2D eigenvalue weighted by Gasteiger charge is 2.35. The number of methoxy groups -OCH3 is 1. The number of hydrogen-bond acceptors (Lipinski definition) is 3. The van der Waals surface area contributed by atoms with Crippen LogP contribution in [0.4, 0.5) is 18.0 Å². The van der Waals surface area contributed by atoms with Gasteiger partial charge in [0.15, 0.2) is 5.69 Å². The van der Waals surface area contributed by atoms with Gasteiger partial charge in [0.05, 0.1) is 25.0 Å². The Morgan fingerprint density at radius 2 is 1.88 bits per heavy atom. The first-order valence-corrected chi connectivity index (χ1v) is 11.2. The lowest BCUT2D eigenvalue weighted by Crippen LogP contribution is -2.44. The lowest BCUT2D eigenvalue weighted by Gasteiger charge is -2.32. The number of rotatable bonds is 5. The molecule has 1 saturated heterocycles. The van der Waals surface area contributed by atoms with Crippen LogP contribution in [-0.2, 0) is 12.7 Å². The highest BCUT2D eigenvalue weighted by Crippen LogP contribution is 2.34. The van der Waals surface area contributed by atoms with Crippen LogP contribution < -0.4 is 10.1 Å². The molecule has 1 fully saturated rings. The summed E-state index contributed by atoms with van der Waals surface area (Å²) in [7, 11) is 1.64. The zero-order valence-corrected chi connectivity index (χ0v) is 19.2. The van der Waals surface area contributed by atoms with Crippen LogP contribution in [-0.4, -0.2) is 40.9 Å². The van der Waals surface area contributed by atoms with Crippen LogP contribution in [0.1, 0.15) is 35.7 Å². The average Bonchev–Trinajstić information content (AvgIpc) is 3.28. The van der Waals surface area contributed by atoms with Gasteiger partial charge in [0, 0.05) is 18.1 Å². The molecule has 0 atom stereocenters. The largest absolute Gasteiger partial charge is 0.496 e. The molecule has 2 aromatic carbocycles. The number of urea groups is 1. The third kappa shape index (κ3) is 5.30. The van der Waals surface area contributed by atoms with Gasteiger partial charge in [-0.3, -0.25) is 0 Å². The fraction of sp³-hybridized carbons (Fsp3) is 0.333. The van der Waals surface area contributed by atoms with E-state index in [4.69, 9.17) is 16.3 Å². The Labute approximate surface area is 200 Å². The van der Waals surface area contributed by atoms with Gasteiger partial charge in [0.2, 0.25) is 0 Å². The zero-order chi connectivity index (χ0) is 24.3. The minimum absolute atomic E-state index is 0.110. The van der Waals surface area contributed by atoms with Crippen molar-refractivity contribution in [2.45, 2.75) is 31.5 Å². The Morgan fingerprint density at radius 1 is 1.15 bits per heavy atom. The fourth-order valence-electron chi connectivity index (χ4n) is 4.19. The van der Waals surface area contributed by atoms with Crippen LogP contribution in [0.3, 0.4) is 0 Å². The molecule has 34 heavy (non-hydrogen) atoms. The number of nitrogens with zero attached hydrogens (tertiary/aromatic N) is 3. The Hall–Kier alpha value is -3.20. The van der Waals surface area contributed by atoms with E-state index < -0.39 is 11.9 Å². The van der Waals surface area contributed by atoms with Gasteiger partial charge in [0.1, 0.15) is 5.75 Å². The van der Waals surface area contributed by atoms with Crippen LogP contribution in [0.15, 0.2) is 54.6 Å². The van der Waals surface area contributed by atoms with Gasteiger partial charge in [-0.15, -0.1) is 0 Å². The molecule has 2 amide bonds. The third-order valence-electron chi connectivity index (χ3n) is 5.91. The Bertz CT molecular complexity index is 1160. The van der Waals surface area contributed by atoms with Gasteiger partial charge in [0.25, 0.3) is 0 Å². The van der Waals surface area contributed by atoms with Gasteiger partial charge in [-0.2, -0.15) is 18.3 Å². The molecular formula is C24H24ClF3N4O2. The van der Waals surface area contributed by atoms with Crippen molar-refractivity contribution < 1.29 is 22.7 Å². The summed E-state index contributed by atoms with van der Waals surface area (Å²) < 4.78 is 46.5. The number of amides is 2. The van der Waals surface area contributed by atoms with Crippen LogP contribution in [0.5, 0.6) is 5.75 Å². The molecule has 0 spiro atoms. The molecular weight excluding hydrogens is 469 g/mol. The maximum absolute atomic E-state index is 13.3. The number of likely N-dealkylation sites (tertiary alicyclic amines) is 1. The van der Waals surface area contributed by atoms with Crippen LogP contribution in [0.2, 0.25) is 5.02 Å². The van der Waals surface area contributed by atoms with E-state index in [1.54, 1.807) is 30.2 Å². The van der Waals surface area contributed by atoms with E-state index in [9.17, 15) is 18.0 Å². The van der Waals surface area contributed by atoms with Crippen LogP contribution >= 0.6 is 11.6 Å². The first kappa shape index (κ1) is 23.9. The van der Waals surface area contributed by atoms with E-state index in [-0.39, 0.29) is 24.2 Å². The summed E-state index contributed by atoms with van der Waals surface area (Å²) >= 11 is 6.00. The number of benzene rings is 2. The lowest BCUT2D eigenvalue weighted by atomic mass is 9.89. The van der Waals surface area contributed by atoms with Gasteiger partial charge in [-0.05, 0) is 54.7 Å². The molecule has 180 valence electrons. The van der Waals surface area contributed by atoms with E-state index in [1.165, 1.54) is 6.07 Å². The van der Waals surface area contributed by atoms with Crippen molar-refractivity contribution in [1.29, 1.82) is 0 Å². The van der Waals surface area contributed by atoms with Crippen molar-refractivity contribution in [1.82, 2.24) is 20.0 Å². The van der Waals surface area contributed by atoms with Crippen molar-refractivity contribution >= 4 is 17.6 Å². The second kappa shape index (κ2) is 9.97. The molecule has 1 aliphatic rings. The van der Waals surface area contributed by atoms with E-state index in [1.807, 2.05) is 24.3 Å². The molecule has 0 radical (unpaired) electrons. The number of nitrogens with one attached hydrogen (secondary N) is 1. The highest BCUT2D eigenvalue weighted by atomic mass is 35.5. The molecule has 4 rings (SSSR count). The van der Waals surface area contributed by atoms with Crippen molar-refractivity contribution in [3.8, 4) is 11.4 Å². The minimum atomic E-state index is -4.61. The van der Waals surface area contributed by atoms with Crippen LogP contribution in [0, 0.1) is 0 Å². The average molecular weight is 493 g/mol. The maximum Gasteiger partial charge on any atom is 0.435 e. The summed E-state index contributed by atoms with van der Waals surface area (Å²) in [6.45, 7) is 0.965. The first-order valence-electron chi connectivity index (χ1n) is 10.8. The summed E-state index contributed by atoms with van der Waals surface area (Å²) in [6.07, 6.45) is -3.07. The van der Waals surface area contributed by atoms with Crippen LogP contribution in [0.25, 0.3) is 5.69 Å². The summed E-state index contributed by atoms with van der Waals surface area (Å²) in [4.78, 5) is 14.4. The standard InChI is InChI=1S/C24H24ClF3N4O2/c1-34-21-8-3-2-7-20(21)16-9-11-31(12-10-16)23(33)29-15-19-14-22(24(26,27)28)30-32(19)18-6-4-5-17(25)13-18/h2-8,13-14,16H,9-12,15H2,1H3,(H,29,33). The number of carbonyl (C=O) groups is 1. The number of piperidine rings is 1. The normalized spacial score (nSPS) is 14.8. The van der Waals surface area contributed by atoms with Crippen molar-refractivity contribution in [3.63, 3.8) is 0 Å². The summed E-state index contributed by atoms with van der Waals surface area (Å²) in [5.41, 5.74) is 0.668. The summed E-state index contributed by atoms with van der Waals surface area (Å²) in [5, 5.41) is 6.81. The third-order valence-corrected chi connectivity index (χ3v) is 6.14. The number of aromatic nitrogens is 2. The molecule has 1 aromatic heterocycles. The number of carbonyl (C=O) groups excluding carboxylic acids is 1. The molecule has 0 bridgehead atoms. The Morgan fingerprint density at radius 3 is 2.56 bits per heavy atom.